The largest absolute Gasteiger partial charge is 0.392 e. The standard InChI is InChI=1S/C13H19FN2O.ClH/c1-15-13(9-16-7-6-12(17)8-16)10-2-4-11(14)5-3-10;/h2-5,12-13,15,17H,6-9H2,1H3;1H/t12-,13+;/m0./s1. The molecule has 2 atom stereocenters. The molecule has 1 aromatic carbocycles. The SMILES string of the molecule is CN[C@H](CN1CC[C@H](O)C1)c1ccc(F)cc1.Cl. The molecule has 5 heteroatoms. The summed E-state index contributed by atoms with van der Waals surface area (Å²) in [6.07, 6.45) is 0.653. The van der Waals surface area contributed by atoms with E-state index >= 15 is 0 Å². The summed E-state index contributed by atoms with van der Waals surface area (Å²) >= 11 is 0. The van der Waals surface area contributed by atoms with Gasteiger partial charge in [-0.15, -0.1) is 12.4 Å². The molecule has 0 aromatic heterocycles. The predicted molar refractivity (Wildman–Crippen MR) is 72.5 cm³/mol. The summed E-state index contributed by atoms with van der Waals surface area (Å²) < 4.78 is 12.8. The van der Waals surface area contributed by atoms with Crippen molar-refractivity contribution in [1.29, 1.82) is 0 Å². The summed E-state index contributed by atoms with van der Waals surface area (Å²) in [5, 5.41) is 12.7. The minimum Gasteiger partial charge on any atom is -0.392 e. The van der Waals surface area contributed by atoms with Crippen molar-refractivity contribution >= 4 is 12.4 Å². The number of benzene rings is 1. The number of nitrogens with zero attached hydrogens (tertiary/aromatic N) is 1. The number of aliphatic hydroxyl groups is 1. The predicted octanol–water partition coefficient (Wildman–Crippen LogP) is 1.57. The van der Waals surface area contributed by atoms with E-state index in [2.05, 4.69) is 10.2 Å². The van der Waals surface area contributed by atoms with Crippen LogP contribution in [0.5, 0.6) is 0 Å². The number of likely N-dealkylation sites (tertiary alicyclic amines) is 1. The van der Waals surface area contributed by atoms with Crippen molar-refractivity contribution in [3.8, 4) is 0 Å². The normalized spacial score (nSPS) is 21.6. The van der Waals surface area contributed by atoms with Crippen LogP contribution in [0.1, 0.15) is 18.0 Å². The summed E-state index contributed by atoms with van der Waals surface area (Å²) in [4.78, 5) is 2.23. The smallest absolute Gasteiger partial charge is 0.123 e. The van der Waals surface area contributed by atoms with E-state index in [0.717, 1.165) is 31.6 Å². The van der Waals surface area contributed by atoms with Crippen LogP contribution in [-0.2, 0) is 0 Å². The van der Waals surface area contributed by atoms with Gasteiger partial charge in [0.05, 0.1) is 6.10 Å². The van der Waals surface area contributed by atoms with E-state index in [1.807, 2.05) is 19.2 Å². The van der Waals surface area contributed by atoms with E-state index in [4.69, 9.17) is 0 Å². The van der Waals surface area contributed by atoms with Gasteiger partial charge >= 0.3 is 0 Å². The average molecular weight is 275 g/mol. The Morgan fingerprint density at radius 2 is 2.11 bits per heavy atom. The van der Waals surface area contributed by atoms with E-state index in [1.165, 1.54) is 12.1 Å². The molecular weight excluding hydrogens is 255 g/mol. The van der Waals surface area contributed by atoms with Gasteiger partial charge in [-0.3, -0.25) is 4.90 Å². The van der Waals surface area contributed by atoms with Crippen molar-refractivity contribution in [2.75, 3.05) is 26.7 Å². The lowest BCUT2D eigenvalue weighted by Gasteiger charge is -2.23. The van der Waals surface area contributed by atoms with Crippen molar-refractivity contribution in [2.45, 2.75) is 18.6 Å². The van der Waals surface area contributed by atoms with Crippen molar-refractivity contribution in [1.82, 2.24) is 10.2 Å². The molecule has 2 rings (SSSR count). The molecule has 3 nitrogen and oxygen atoms in total. The highest BCUT2D eigenvalue weighted by molar-refractivity contribution is 5.85. The first kappa shape index (κ1) is 15.4. The van der Waals surface area contributed by atoms with Gasteiger partial charge < -0.3 is 10.4 Å². The summed E-state index contributed by atoms with van der Waals surface area (Å²) in [5.74, 6) is -0.208. The highest BCUT2D eigenvalue weighted by atomic mass is 35.5. The molecule has 102 valence electrons. The van der Waals surface area contributed by atoms with E-state index in [-0.39, 0.29) is 30.4 Å². The van der Waals surface area contributed by atoms with Gasteiger partial charge in [0.2, 0.25) is 0 Å². The summed E-state index contributed by atoms with van der Waals surface area (Å²) in [6, 6.07) is 6.77. The molecule has 1 saturated heterocycles. The van der Waals surface area contributed by atoms with Crippen molar-refractivity contribution in [2.24, 2.45) is 0 Å². The lowest BCUT2D eigenvalue weighted by atomic mass is 10.1. The molecule has 1 aliphatic rings. The minimum absolute atomic E-state index is 0. The Morgan fingerprint density at radius 3 is 2.61 bits per heavy atom. The van der Waals surface area contributed by atoms with Gasteiger partial charge in [-0.1, -0.05) is 12.1 Å². The molecule has 0 radical (unpaired) electrons. The minimum atomic E-state index is -0.208. The van der Waals surface area contributed by atoms with Crippen LogP contribution in [0.25, 0.3) is 0 Å². The molecule has 1 aromatic rings. The molecule has 1 fully saturated rings. The Labute approximate surface area is 113 Å². The highest BCUT2D eigenvalue weighted by Crippen LogP contribution is 2.17. The maximum Gasteiger partial charge on any atom is 0.123 e. The first-order valence-electron chi connectivity index (χ1n) is 6.02. The maximum absolute atomic E-state index is 12.8. The van der Waals surface area contributed by atoms with Crippen LogP contribution in [0.3, 0.4) is 0 Å². The molecule has 0 amide bonds. The van der Waals surface area contributed by atoms with Gasteiger partial charge in [0.15, 0.2) is 0 Å². The topological polar surface area (TPSA) is 35.5 Å². The fourth-order valence-corrected chi connectivity index (χ4v) is 2.29. The van der Waals surface area contributed by atoms with Crippen LogP contribution in [-0.4, -0.2) is 42.8 Å². The second-order valence-corrected chi connectivity index (χ2v) is 4.59. The number of likely N-dealkylation sites (N-methyl/N-ethyl adjacent to an activating group) is 1. The maximum atomic E-state index is 12.8. The van der Waals surface area contributed by atoms with Crippen molar-refractivity contribution < 1.29 is 9.50 Å². The van der Waals surface area contributed by atoms with Gasteiger partial charge in [-0.25, -0.2) is 4.39 Å². The van der Waals surface area contributed by atoms with E-state index in [9.17, 15) is 9.50 Å². The van der Waals surface area contributed by atoms with Gasteiger partial charge in [-0.2, -0.15) is 0 Å². The Balaban J connectivity index is 0.00000162. The zero-order valence-corrected chi connectivity index (χ0v) is 11.3. The van der Waals surface area contributed by atoms with Gasteiger partial charge in [-0.05, 0) is 31.2 Å². The molecule has 0 unspecified atom stereocenters. The molecule has 0 bridgehead atoms. The lowest BCUT2D eigenvalue weighted by Crippen LogP contribution is -2.33. The summed E-state index contributed by atoms with van der Waals surface area (Å²) in [7, 11) is 1.90. The number of hydrogen-bond donors (Lipinski definition) is 2. The van der Waals surface area contributed by atoms with Crippen LogP contribution < -0.4 is 5.32 Å². The summed E-state index contributed by atoms with van der Waals surface area (Å²) in [5.41, 5.74) is 1.08. The number of β-amino-alcohol motifs (C(OH)–C–C–N with tert-alkyl or cyclic N) is 1. The lowest BCUT2D eigenvalue weighted by molar-refractivity contribution is 0.173. The number of halogens is 2. The average Bonchev–Trinajstić information content (AvgIpc) is 2.73. The first-order valence-corrected chi connectivity index (χ1v) is 6.02. The molecule has 0 spiro atoms. The Bertz CT molecular complexity index is 361. The van der Waals surface area contributed by atoms with Crippen LogP contribution in [0.4, 0.5) is 4.39 Å². The number of nitrogens with one attached hydrogen (secondary N) is 1. The van der Waals surface area contributed by atoms with Crippen LogP contribution in [0.2, 0.25) is 0 Å². The van der Waals surface area contributed by atoms with Gasteiger partial charge in [0.1, 0.15) is 5.82 Å². The fraction of sp³-hybridized carbons (Fsp3) is 0.538. The van der Waals surface area contributed by atoms with Crippen LogP contribution in [0, 0.1) is 5.82 Å². The Kier molecular flexibility index (Phi) is 6.02. The second kappa shape index (κ2) is 7.04. The molecule has 0 saturated carbocycles. The third kappa shape index (κ3) is 3.92. The van der Waals surface area contributed by atoms with E-state index in [1.54, 1.807) is 0 Å². The van der Waals surface area contributed by atoms with E-state index < -0.39 is 0 Å². The number of rotatable bonds is 4. The van der Waals surface area contributed by atoms with Crippen LogP contribution >= 0.6 is 12.4 Å². The monoisotopic (exact) mass is 274 g/mol. The zero-order chi connectivity index (χ0) is 12.3. The first-order chi connectivity index (χ1) is 8.19. The van der Waals surface area contributed by atoms with Gasteiger partial charge in [0, 0.05) is 25.7 Å². The van der Waals surface area contributed by atoms with Gasteiger partial charge in [0.25, 0.3) is 0 Å². The third-order valence-electron chi connectivity index (χ3n) is 3.31. The number of aliphatic hydroxyl groups excluding tert-OH is 1. The van der Waals surface area contributed by atoms with Crippen LogP contribution in [0.15, 0.2) is 24.3 Å². The summed E-state index contributed by atoms with van der Waals surface area (Å²) in [6.45, 7) is 2.51. The molecule has 0 aliphatic carbocycles. The Morgan fingerprint density at radius 1 is 1.44 bits per heavy atom. The third-order valence-corrected chi connectivity index (χ3v) is 3.31. The molecular formula is C13H20ClFN2O. The number of hydrogen-bond acceptors (Lipinski definition) is 3. The van der Waals surface area contributed by atoms with E-state index in [0.29, 0.717) is 0 Å². The quantitative estimate of drug-likeness (QED) is 0.875. The zero-order valence-electron chi connectivity index (χ0n) is 10.5. The molecule has 1 aliphatic heterocycles. The van der Waals surface area contributed by atoms with Crippen molar-refractivity contribution in [3.05, 3.63) is 35.6 Å². The second-order valence-electron chi connectivity index (χ2n) is 4.59. The Hall–Kier alpha value is -0.680. The molecule has 2 N–H and O–H groups in total. The van der Waals surface area contributed by atoms with Crippen molar-refractivity contribution in [3.63, 3.8) is 0 Å². The fourth-order valence-electron chi connectivity index (χ4n) is 2.29. The molecule has 1 heterocycles. The highest BCUT2D eigenvalue weighted by Gasteiger charge is 2.22. The molecule has 18 heavy (non-hydrogen) atoms.